The molecule has 2 heteroatoms. The van der Waals surface area contributed by atoms with Crippen molar-refractivity contribution in [3.63, 3.8) is 0 Å². The van der Waals surface area contributed by atoms with Crippen LogP contribution in [0, 0.1) is 0 Å². The van der Waals surface area contributed by atoms with Gasteiger partial charge in [-0.25, -0.2) is 0 Å². The van der Waals surface area contributed by atoms with Crippen LogP contribution in [0.1, 0.15) is 66.2 Å². The molecule has 1 nitrogen and oxygen atoms in total. The van der Waals surface area contributed by atoms with Gasteiger partial charge in [0.25, 0.3) is 0 Å². The van der Waals surface area contributed by atoms with Gasteiger partial charge in [0.05, 0.1) is 6.10 Å². The fourth-order valence-corrected chi connectivity index (χ4v) is 4.16. The van der Waals surface area contributed by atoms with E-state index < -0.39 is 0 Å². The SMILES string of the molecule is CC(C)c1ccc(C(O)C2CCCc3sccc32)cc1. The Morgan fingerprint density at radius 1 is 1.10 bits per heavy atom. The van der Waals surface area contributed by atoms with Gasteiger partial charge in [-0.3, -0.25) is 0 Å². The zero-order chi connectivity index (χ0) is 14.1. The number of benzene rings is 1. The van der Waals surface area contributed by atoms with Gasteiger partial charge in [0, 0.05) is 10.8 Å². The average Bonchev–Trinajstić information content (AvgIpc) is 2.95. The lowest BCUT2D eigenvalue weighted by molar-refractivity contribution is 0.136. The van der Waals surface area contributed by atoms with E-state index in [1.807, 2.05) is 11.3 Å². The summed E-state index contributed by atoms with van der Waals surface area (Å²) in [5.41, 5.74) is 3.76. The van der Waals surface area contributed by atoms with E-state index in [0.29, 0.717) is 5.92 Å². The van der Waals surface area contributed by atoms with Gasteiger partial charge >= 0.3 is 0 Å². The number of aliphatic hydroxyl groups is 1. The quantitative estimate of drug-likeness (QED) is 0.839. The van der Waals surface area contributed by atoms with Gasteiger partial charge in [-0.15, -0.1) is 11.3 Å². The van der Waals surface area contributed by atoms with Crippen molar-refractivity contribution in [1.82, 2.24) is 0 Å². The first kappa shape index (κ1) is 13.8. The molecule has 0 saturated heterocycles. The second-order valence-corrected chi connectivity index (χ2v) is 7.06. The number of aliphatic hydroxyl groups excluding tert-OH is 1. The van der Waals surface area contributed by atoms with E-state index in [0.717, 1.165) is 12.0 Å². The van der Waals surface area contributed by atoms with E-state index in [4.69, 9.17) is 0 Å². The van der Waals surface area contributed by atoms with Crippen molar-refractivity contribution in [2.24, 2.45) is 0 Å². The zero-order valence-electron chi connectivity index (χ0n) is 12.2. The maximum atomic E-state index is 10.7. The monoisotopic (exact) mass is 286 g/mol. The lowest BCUT2D eigenvalue weighted by Crippen LogP contribution is -2.15. The van der Waals surface area contributed by atoms with Crippen molar-refractivity contribution in [2.45, 2.75) is 51.0 Å². The molecule has 0 fully saturated rings. The standard InChI is InChI=1S/C18H22OS/c1-12(2)13-6-8-14(9-7-13)18(19)16-4-3-5-17-15(16)10-11-20-17/h6-12,16,18-19H,3-5H2,1-2H3. The summed E-state index contributed by atoms with van der Waals surface area (Å²) in [4.78, 5) is 1.47. The van der Waals surface area contributed by atoms with Crippen LogP contribution in [0.3, 0.4) is 0 Å². The maximum absolute atomic E-state index is 10.7. The molecule has 0 radical (unpaired) electrons. The topological polar surface area (TPSA) is 20.2 Å². The highest BCUT2D eigenvalue weighted by Gasteiger charge is 2.28. The van der Waals surface area contributed by atoms with Crippen molar-refractivity contribution in [3.8, 4) is 0 Å². The maximum Gasteiger partial charge on any atom is 0.0858 e. The molecule has 2 atom stereocenters. The Morgan fingerprint density at radius 2 is 1.80 bits per heavy atom. The van der Waals surface area contributed by atoms with E-state index in [1.165, 1.54) is 28.8 Å². The minimum absolute atomic E-state index is 0.273. The van der Waals surface area contributed by atoms with Gasteiger partial charge in [-0.1, -0.05) is 38.1 Å². The molecule has 2 unspecified atom stereocenters. The van der Waals surface area contributed by atoms with Crippen molar-refractivity contribution in [3.05, 3.63) is 57.3 Å². The predicted molar refractivity (Wildman–Crippen MR) is 85.5 cm³/mol. The van der Waals surface area contributed by atoms with Crippen LogP contribution in [0.25, 0.3) is 0 Å². The Kier molecular flexibility index (Phi) is 3.95. The third-order valence-corrected chi connectivity index (χ3v) is 5.42. The number of hydrogen-bond donors (Lipinski definition) is 1. The second-order valence-electron chi connectivity index (χ2n) is 6.06. The predicted octanol–water partition coefficient (Wildman–Crippen LogP) is 5.03. The number of fused-ring (bicyclic) bond motifs is 1. The Balaban J connectivity index is 1.85. The summed E-state index contributed by atoms with van der Waals surface area (Å²) in [6.45, 7) is 4.40. The minimum Gasteiger partial charge on any atom is -0.388 e. The molecule has 0 amide bonds. The molecule has 1 heterocycles. The van der Waals surface area contributed by atoms with Gasteiger partial charge in [0.15, 0.2) is 0 Å². The lowest BCUT2D eigenvalue weighted by Gasteiger charge is -2.27. The highest BCUT2D eigenvalue weighted by atomic mass is 32.1. The van der Waals surface area contributed by atoms with Gasteiger partial charge in [0.1, 0.15) is 0 Å². The molecule has 106 valence electrons. The van der Waals surface area contributed by atoms with E-state index in [2.05, 4.69) is 49.6 Å². The average molecular weight is 286 g/mol. The summed E-state index contributed by atoms with van der Waals surface area (Å²) in [6.07, 6.45) is 3.10. The van der Waals surface area contributed by atoms with Crippen LogP contribution in [0.5, 0.6) is 0 Å². The summed E-state index contributed by atoms with van der Waals surface area (Å²) in [5.74, 6) is 0.814. The number of rotatable bonds is 3. The second kappa shape index (κ2) is 5.71. The third-order valence-electron chi connectivity index (χ3n) is 4.42. The molecular weight excluding hydrogens is 264 g/mol. The Morgan fingerprint density at radius 3 is 2.50 bits per heavy atom. The third kappa shape index (κ3) is 2.55. The summed E-state index contributed by atoms with van der Waals surface area (Å²) in [5, 5.41) is 12.9. The molecule has 1 aliphatic rings. The largest absolute Gasteiger partial charge is 0.388 e. The minimum atomic E-state index is -0.370. The number of hydrogen-bond acceptors (Lipinski definition) is 2. The molecule has 2 aromatic rings. The molecule has 1 aromatic heterocycles. The van der Waals surface area contributed by atoms with Crippen molar-refractivity contribution in [1.29, 1.82) is 0 Å². The smallest absolute Gasteiger partial charge is 0.0858 e. The fourth-order valence-electron chi connectivity index (χ4n) is 3.16. The summed E-state index contributed by atoms with van der Waals surface area (Å²) in [6, 6.07) is 10.7. The molecule has 0 aliphatic heterocycles. The molecule has 1 aromatic carbocycles. The number of aryl methyl sites for hydroxylation is 1. The van der Waals surface area contributed by atoms with Crippen LogP contribution >= 0.6 is 11.3 Å². The summed E-state index contributed by atoms with van der Waals surface area (Å²) >= 11 is 1.84. The van der Waals surface area contributed by atoms with E-state index in [-0.39, 0.29) is 12.0 Å². The fraction of sp³-hybridized carbons (Fsp3) is 0.444. The van der Waals surface area contributed by atoms with Crippen LogP contribution < -0.4 is 0 Å². The molecule has 0 saturated carbocycles. The molecule has 3 rings (SSSR count). The normalized spacial score (nSPS) is 19.9. The molecule has 20 heavy (non-hydrogen) atoms. The molecule has 0 bridgehead atoms. The van der Waals surface area contributed by atoms with Crippen LogP contribution in [0.2, 0.25) is 0 Å². The molecule has 0 spiro atoms. The van der Waals surface area contributed by atoms with Gasteiger partial charge in [0.2, 0.25) is 0 Å². The lowest BCUT2D eigenvalue weighted by atomic mass is 9.81. The number of thiophene rings is 1. The first-order valence-corrected chi connectivity index (χ1v) is 8.39. The van der Waals surface area contributed by atoms with Crippen molar-refractivity contribution < 1.29 is 5.11 Å². The van der Waals surface area contributed by atoms with Crippen LogP contribution in [0.15, 0.2) is 35.7 Å². The first-order valence-electron chi connectivity index (χ1n) is 7.51. The van der Waals surface area contributed by atoms with Crippen LogP contribution in [-0.2, 0) is 6.42 Å². The van der Waals surface area contributed by atoms with Crippen molar-refractivity contribution >= 4 is 11.3 Å². The molecule has 1 N–H and O–H groups in total. The van der Waals surface area contributed by atoms with Gasteiger partial charge in [-0.2, -0.15) is 0 Å². The van der Waals surface area contributed by atoms with Gasteiger partial charge in [-0.05, 0) is 53.3 Å². The van der Waals surface area contributed by atoms with E-state index >= 15 is 0 Å². The highest BCUT2D eigenvalue weighted by molar-refractivity contribution is 7.10. The Labute approximate surface area is 125 Å². The Hall–Kier alpha value is -1.12. The molecule has 1 aliphatic carbocycles. The van der Waals surface area contributed by atoms with E-state index in [1.54, 1.807) is 0 Å². The van der Waals surface area contributed by atoms with E-state index in [9.17, 15) is 5.11 Å². The van der Waals surface area contributed by atoms with Crippen LogP contribution in [0.4, 0.5) is 0 Å². The first-order chi connectivity index (χ1) is 9.66. The zero-order valence-corrected chi connectivity index (χ0v) is 13.0. The molecular formula is C18H22OS. The van der Waals surface area contributed by atoms with Crippen molar-refractivity contribution in [2.75, 3.05) is 0 Å². The van der Waals surface area contributed by atoms with Gasteiger partial charge < -0.3 is 5.11 Å². The van der Waals surface area contributed by atoms with Crippen LogP contribution in [-0.4, -0.2) is 5.11 Å². The summed E-state index contributed by atoms with van der Waals surface area (Å²) in [7, 11) is 0. The highest BCUT2D eigenvalue weighted by Crippen LogP contribution is 2.42. The summed E-state index contributed by atoms with van der Waals surface area (Å²) < 4.78 is 0. The Bertz CT molecular complexity index is 567.